The van der Waals surface area contributed by atoms with E-state index >= 15 is 0 Å². The zero-order valence-corrected chi connectivity index (χ0v) is 11.4. The van der Waals surface area contributed by atoms with E-state index in [1.807, 2.05) is 0 Å². The lowest BCUT2D eigenvalue weighted by atomic mass is 10.2. The molecule has 2 rings (SSSR count). The third kappa shape index (κ3) is 3.75. The smallest absolute Gasteiger partial charge is 0.272 e. The Morgan fingerprint density at radius 2 is 2.15 bits per heavy atom. The molecule has 1 aromatic rings. The van der Waals surface area contributed by atoms with Crippen molar-refractivity contribution in [1.29, 1.82) is 0 Å². The van der Waals surface area contributed by atoms with Crippen molar-refractivity contribution < 1.29 is 9.72 Å². The summed E-state index contributed by atoms with van der Waals surface area (Å²) in [4.78, 5) is 24.3. The molecule has 0 aromatic heterocycles. The molecule has 108 valence electrons. The lowest BCUT2D eigenvalue weighted by Gasteiger charge is -2.26. The normalized spacial score (nSPS) is 15.8. The van der Waals surface area contributed by atoms with E-state index < -0.39 is 4.92 Å². The van der Waals surface area contributed by atoms with E-state index in [2.05, 4.69) is 15.5 Å². The van der Waals surface area contributed by atoms with E-state index in [9.17, 15) is 14.9 Å². The molecule has 1 amide bonds. The van der Waals surface area contributed by atoms with E-state index in [-0.39, 0.29) is 11.6 Å². The van der Waals surface area contributed by atoms with Crippen LogP contribution in [-0.2, 0) is 4.79 Å². The van der Waals surface area contributed by atoms with Gasteiger partial charge >= 0.3 is 0 Å². The monoisotopic (exact) mass is 278 g/mol. The van der Waals surface area contributed by atoms with Gasteiger partial charge in [-0.25, -0.2) is 0 Å². The number of amides is 1. The van der Waals surface area contributed by atoms with Crippen LogP contribution in [0, 0.1) is 17.0 Å². The average molecular weight is 278 g/mol. The third-order valence-corrected chi connectivity index (χ3v) is 3.25. The third-order valence-electron chi connectivity index (χ3n) is 3.25. The maximum absolute atomic E-state index is 11.9. The van der Waals surface area contributed by atoms with Crippen LogP contribution in [0.1, 0.15) is 5.56 Å². The van der Waals surface area contributed by atoms with E-state index in [1.54, 1.807) is 19.1 Å². The van der Waals surface area contributed by atoms with Crippen LogP contribution in [-0.4, -0.2) is 48.5 Å². The van der Waals surface area contributed by atoms with Gasteiger partial charge < -0.3 is 10.6 Å². The Bertz CT molecular complexity index is 512. The highest BCUT2D eigenvalue weighted by Gasteiger charge is 2.15. The summed E-state index contributed by atoms with van der Waals surface area (Å²) in [6.07, 6.45) is 0. The molecule has 7 heteroatoms. The van der Waals surface area contributed by atoms with Gasteiger partial charge in [0.15, 0.2) is 0 Å². The summed E-state index contributed by atoms with van der Waals surface area (Å²) in [7, 11) is 0. The van der Waals surface area contributed by atoms with Gasteiger partial charge in [-0.2, -0.15) is 0 Å². The fourth-order valence-electron chi connectivity index (χ4n) is 2.21. The number of benzene rings is 1. The second-order valence-corrected chi connectivity index (χ2v) is 4.83. The largest absolute Gasteiger partial charge is 0.325 e. The molecule has 1 aliphatic heterocycles. The molecular weight excluding hydrogens is 260 g/mol. The fourth-order valence-corrected chi connectivity index (χ4v) is 2.21. The molecule has 0 spiro atoms. The minimum Gasteiger partial charge on any atom is -0.325 e. The molecule has 1 aromatic carbocycles. The summed E-state index contributed by atoms with van der Waals surface area (Å²) in [5.41, 5.74) is 1.19. The molecule has 20 heavy (non-hydrogen) atoms. The Morgan fingerprint density at radius 1 is 1.45 bits per heavy atom. The highest BCUT2D eigenvalue weighted by Crippen LogP contribution is 2.21. The Labute approximate surface area is 117 Å². The van der Waals surface area contributed by atoms with E-state index in [1.165, 1.54) is 6.07 Å². The van der Waals surface area contributed by atoms with E-state index in [4.69, 9.17) is 0 Å². The van der Waals surface area contributed by atoms with Crippen molar-refractivity contribution in [2.45, 2.75) is 6.92 Å². The molecule has 0 atom stereocenters. The zero-order valence-electron chi connectivity index (χ0n) is 11.4. The molecule has 0 saturated carbocycles. The van der Waals surface area contributed by atoms with Crippen LogP contribution in [0.2, 0.25) is 0 Å². The fraction of sp³-hybridized carbons (Fsp3) is 0.462. The highest BCUT2D eigenvalue weighted by atomic mass is 16.6. The Balaban J connectivity index is 1.93. The Morgan fingerprint density at radius 3 is 2.75 bits per heavy atom. The number of nitrogens with zero attached hydrogens (tertiary/aromatic N) is 2. The molecule has 1 fully saturated rings. The SMILES string of the molecule is Cc1cc(NC(=O)CN2CCNCC2)ccc1[N+](=O)[O-]. The summed E-state index contributed by atoms with van der Waals surface area (Å²) in [5.74, 6) is -0.0971. The molecule has 0 radical (unpaired) electrons. The average Bonchev–Trinajstić information content (AvgIpc) is 2.39. The number of hydrogen-bond donors (Lipinski definition) is 2. The predicted molar refractivity (Wildman–Crippen MR) is 75.8 cm³/mol. The van der Waals surface area contributed by atoms with Gasteiger partial charge in [0.25, 0.3) is 5.69 Å². The number of carbonyl (C=O) groups is 1. The summed E-state index contributed by atoms with van der Waals surface area (Å²) in [5, 5.41) is 16.7. The van der Waals surface area contributed by atoms with Crippen molar-refractivity contribution in [3.8, 4) is 0 Å². The second kappa shape index (κ2) is 6.44. The summed E-state index contributed by atoms with van der Waals surface area (Å²) >= 11 is 0. The number of nitro groups is 1. The molecule has 1 aliphatic rings. The number of aryl methyl sites for hydroxylation is 1. The van der Waals surface area contributed by atoms with Gasteiger partial charge in [0.1, 0.15) is 0 Å². The van der Waals surface area contributed by atoms with Crippen LogP contribution in [0.25, 0.3) is 0 Å². The van der Waals surface area contributed by atoms with Gasteiger partial charge in [0.05, 0.1) is 11.5 Å². The van der Waals surface area contributed by atoms with Crippen molar-refractivity contribution in [2.75, 3.05) is 38.0 Å². The molecule has 2 N–H and O–H groups in total. The number of anilines is 1. The minimum atomic E-state index is -0.429. The number of hydrogen-bond acceptors (Lipinski definition) is 5. The Hall–Kier alpha value is -1.99. The lowest BCUT2D eigenvalue weighted by Crippen LogP contribution is -2.46. The number of piperazine rings is 1. The first-order chi connectivity index (χ1) is 9.56. The van der Waals surface area contributed by atoms with Gasteiger partial charge in [-0.05, 0) is 19.1 Å². The van der Waals surface area contributed by atoms with E-state index in [0.29, 0.717) is 17.8 Å². The zero-order chi connectivity index (χ0) is 14.5. The van der Waals surface area contributed by atoms with Crippen LogP contribution >= 0.6 is 0 Å². The number of nitro benzene ring substituents is 1. The van der Waals surface area contributed by atoms with Gasteiger partial charge in [-0.15, -0.1) is 0 Å². The van der Waals surface area contributed by atoms with Crippen LogP contribution in [0.15, 0.2) is 18.2 Å². The summed E-state index contributed by atoms with van der Waals surface area (Å²) in [6, 6.07) is 4.59. The second-order valence-electron chi connectivity index (χ2n) is 4.83. The van der Waals surface area contributed by atoms with Crippen molar-refractivity contribution in [2.24, 2.45) is 0 Å². The number of carbonyl (C=O) groups excluding carboxylic acids is 1. The first kappa shape index (κ1) is 14.4. The van der Waals surface area contributed by atoms with E-state index in [0.717, 1.165) is 26.2 Å². The minimum absolute atomic E-state index is 0.0603. The molecular formula is C13H18N4O3. The van der Waals surface area contributed by atoms with Crippen molar-refractivity contribution in [3.05, 3.63) is 33.9 Å². The molecule has 1 heterocycles. The van der Waals surface area contributed by atoms with Gasteiger partial charge in [-0.3, -0.25) is 19.8 Å². The standard InChI is InChI=1S/C13H18N4O3/c1-10-8-11(2-3-12(10)17(19)20)15-13(18)9-16-6-4-14-5-7-16/h2-3,8,14H,4-7,9H2,1H3,(H,15,18). The Kier molecular flexibility index (Phi) is 4.65. The first-order valence-electron chi connectivity index (χ1n) is 6.54. The van der Waals surface area contributed by atoms with Crippen molar-refractivity contribution in [3.63, 3.8) is 0 Å². The van der Waals surface area contributed by atoms with Gasteiger partial charge in [0.2, 0.25) is 5.91 Å². The predicted octanol–water partition coefficient (Wildman–Crippen LogP) is 0.747. The molecule has 0 aliphatic carbocycles. The maximum atomic E-state index is 11.9. The first-order valence-corrected chi connectivity index (χ1v) is 6.54. The molecule has 7 nitrogen and oxygen atoms in total. The van der Waals surface area contributed by atoms with Crippen LogP contribution < -0.4 is 10.6 Å². The van der Waals surface area contributed by atoms with Crippen LogP contribution in [0.5, 0.6) is 0 Å². The van der Waals surface area contributed by atoms with Gasteiger partial charge in [0, 0.05) is 43.5 Å². The summed E-state index contributed by atoms with van der Waals surface area (Å²) in [6.45, 7) is 5.50. The maximum Gasteiger partial charge on any atom is 0.272 e. The number of nitrogens with one attached hydrogen (secondary N) is 2. The van der Waals surface area contributed by atoms with Crippen molar-refractivity contribution >= 4 is 17.3 Å². The van der Waals surface area contributed by atoms with Crippen molar-refractivity contribution in [1.82, 2.24) is 10.2 Å². The van der Waals surface area contributed by atoms with Crippen LogP contribution in [0.3, 0.4) is 0 Å². The molecule has 0 unspecified atom stereocenters. The van der Waals surface area contributed by atoms with Crippen LogP contribution in [0.4, 0.5) is 11.4 Å². The summed E-state index contributed by atoms with van der Waals surface area (Å²) < 4.78 is 0. The lowest BCUT2D eigenvalue weighted by molar-refractivity contribution is -0.385. The molecule has 0 bridgehead atoms. The number of rotatable bonds is 4. The molecule has 1 saturated heterocycles. The quantitative estimate of drug-likeness (QED) is 0.626. The highest BCUT2D eigenvalue weighted by molar-refractivity contribution is 5.92. The van der Waals surface area contributed by atoms with Gasteiger partial charge in [-0.1, -0.05) is 0 Å². The topological polar surface area (TPSA) is 87.5 Å².